The standard InChI is InChI=1S/C17H28N4S/c1-20(2)16(18-12-15-8-6-5-7-9-15)19-13-17(21(3)4)10-11-22-14-17/h5-9H,10-14H2,1-4H3,(H,18,19). The Hall–Kier alpha value is -1.20. The van der Waals surface area contributed by atoms with Crippen molar-refractivity contribution in [1.82, 2.24) is 15.1 Å². The number of aliphatic imine (C=N–C) groups is 1. The molecule has 0 spiro atoms. The van der Waals surface area contributed by atoms with Gasteiger partial charge in [0.15, 0.2) is 5.96 Å². The summed E-state index contributed by atoms with van der Waals surface area (Å²) in [6.07, 6.45) is 1.23. The van der Waals surface area contributed by atoms with Crippen LogP contribution in [0.1, 0.15) is 12.0 Å². The van der Waals surface area contributed by atoms with Crippen LogP contribution in [0.15, 0.2) is 35.3 Å². The summed E-state index contributed by atoms with van der Waals surface area (Å²) < 4.78 is 0. The quantitative estimate of drug-likeness (QED) is 0.665. The van der Waals surface area contributed by atoms with Crippen LogP contribution in [0, 0.1) is 0 Å². The minimum absolute atomic E-state index is 0.244. The predicted molar refractivity (Wildman–Crippen MR) is 97.6 cm³/mol. The Morgan fingerprint density at radius 1 is 1.23 bits per heavy atom. The first kappa shape index (κ1) is 17.2. The fraction of sp³-hybridized carbons (Fsp3) is 0.588. The van der Waals surface area contributed by atoms with Gasteiger partial charge in [0.1, 0.15) is 0 Å². The third-order valence-corrected chi connectivity index (χ3v) is 5.52. The fourth-order valence-corrected chi connectivity index (χ4v) is 4.15. The lowest BCUT2D eigenvalue weighted by Gasteiger charge is -2.36. The van der Waals surface area contributed by atoms with Crippen molar-refractivity contribution >= 4 is 17.7 Å². The van der Waals surface area contributed by atoms with Gasteiger partial charge in [0.2, 0.25) is 0 Å². The van der Waals surface area contributed by atoms with E-state index in [0.29, 0.717) is 6.54 Å². The minimum Gasteiger partial charge on any atom is -0.354 e. The highest BCUT2D eigenvalue weighted by atomic mass is 32.2. The maximum absolute atomic E-state index is 4.75. The summed E-state index contributed by atoms with van der Waals surface area (Å²) in [5.74, 6) is 3.40. The average Bonchev–Trinajstić information content (AvgIpc) is 2.98. The molecule has 1 atom stereocenters. The zero-order valence-electron chi connectivity index (χ0n) is 14.2. The maximum Gasteiger partial charge on any atom is 0.193 e. The first-order valence-electron chi connectivity index (χ1n) is 7.78. The van der Waals surface area contributed by atoms with E-state index in [1.165, 1.54) is 23.5 Å². The predicted octanol–water partition coefficient (Wildman–Crippen LogP) is 2.13. The van der Waals surface area contributed by atoms with Crippen LogP contribution in [0.2, 0.25) is 0 Å². The van der Waals surface area contributed by atoms with Crippen LogP contribution >= 0.6 is 11.8 Å². The first-order valence-corrected chi connectivity index (χ1v) is 8.94. The number of hydrogen-bond donors (Lipinski definition) is 1. The molecule has 0 aliphatic carbocycles. The van der Waals surface area contributed by atoms with Gasteiger partial charge in [-0.2, -0.15) is 11.8 Å². The van der Waals surface area contributed by atoms with Gasteiger partial charge in [0.25, 0.3) is 0 Å². The Kier molecular flexibility index (Phi) is 6.15. The molecule has 5 heteroatoms. The molecule has 0 saturated carbocycles. The molecule has 1 aliphatic rings. The molecule has 1 aromatic carbocycles. The van der Waals surface area contributed by atoms with Crippen LogP contribution in [0.3, 0.4) is 0 Å². The van der Waals surface area contributed by atoms with Gasteiger partial charge in [0.05, 0.1) is 6.54 Å². The number of hydrogen-bond acceptors (Lipinski definition) is 3. The summed E-state index contributed by atoms with van der Waals surface area (Å²) in [6, 6.07) is 10.4. The molecule has 0 aromatic heterocycles. The highest BCUT2D eigenvalue weighted by Gasteiger charge is 2.36. The number of thioether (sulfide) groups is 1. The summed E-state index contributed by atoms with van der Waals surface area (Å²) in [5, 5.41) is 3.57. The van der Waals surface area contributed by atoms with Crippen molar-refractivity contribution < 1.29 is 0 Å². The molecule has 0 bridgehead atoms. The lowest BCUT2D eigenvalue weighted by atomic mass is 9.97. The van der Waals surface area contributed by atoms with Gasteiger partial charge >= 0.3 is 0 Å². The van der Waals surface area contributed by atoms with Gasteiger partial charge in [-0.1, -0.05) is 30.3 Å². The molecular formula is C17H28N4S. The third kappa shape index (κ3) is 4.40. The molecule has 22 heavy (non-hydrogen) atoms. The molecule has 0 radical (unpaired) electrons. The summed E-state index contributed by atoms with van der Waals surface area (Å²) in [5.41, 5.74) is 1.48. The highest BCUT2D eigenvalue weighted by Crippen LogP contribution is 2.31. The van der Waals surface area contributed by atoms with Gasteiger partial charge < -0.3 is 15.1 Å². The van der Waals surface area contributed by atoms with Crippen LogP contribution in [-0.4, -0.2) is 67.5 Å². The van der Waals surface area contributed by atoms with E-state index in [2.05, 4.69) is 53.5 Å². The Labute approximate surface area is 139 Å². The van der Waals surface area contributed by atoms with Crippen molar-refractivity contribution in [2.24, 2.45) is 4.99 Å². The van der Waals surface area contributed by atoms with Gasteiger partial charge in [-0.25, -0.2) is 4.99 Å². The number of benzene rings is 1. The Balaban J connectivity index is 1.99. The van der Waals surface area contributed by atoms with Crippen molar-refractivity contribution in [2.75, 3.05) is 46.2 Å². The molecule has 1 aliphatic heterocycles. The smallest absolute Gasteiger partial charge is 0.193 e. The van der Waals surface area contributed by atoms with Crippen LogP contribution in [-0.2, 0) is 6.54 Å². The minimum atomic E-state index is 0.244. The molecule has 122 valence electrons. The van der Waals surface area contributed by atoms with Crippen LogP contribution in [0.5, 0.6) is 0 Å². The second-order valence-corrected chi connectivity index (χ2v) is 7.40. The summed E-state index contributed by atoms with van der Waals surface area (Å²) in [7, 11) is 8.46. The molecule has 0 amide bonds. The van der Waals surface area contributed by atoms with Crippen molar-refractivity contribution in [2.45, 2.75) is 18.5 Å². The number of nitrogens with zero attached hydrogens (tertiary/aromatic N) is 3. The van der Waals surface area contributed by atoms with Gasteiger partial charge in [0, 0.05) is 31.9 Å². The van der Waals surface area contributed by atoms with Crippen molar-refractivity contribution in [3.63, 3.8) is 0 Å². The molecular weight excluding hydrogens is 292 g/mol. The van der Waals surface area contributed by atoms with Crippen LogP contribution in [0.25, 0.3) is 0 Å². The summed E-state index contributed by atoms with van der Waals surface area (Å²) in [4.78, 5) is 9.18. The molecule has 1 unspecified atom stereocenters. The third-order valence-electron chi connectivity index (χ3n) is 4.28. The first-order chi connectivity index (χ1) is 10.5. The van der Waals surface area contributed by atoms with E-state index in [1.54, 1.807) is 0 Å². The topological polar surface area (TPSA) is 30.9 Å². The molecule has 1 saturated heterocycles. The van der Waals surface area contributed by atoms with Gasteiger partial charge in [-0.05, 0) is 31.8 Å². The lowest BCUT2D eigenvalue weighted by Crippen LogP contribution is -2.54. The normalized spacial score (nSPS) is 22.1. The average molecular weight is 321 g/mol. The molecule has 1 aromatic rings. The molecule has 2 rings (SSSR count). The van der Waals surface area contributed by atoms with E-state index < -0.39 is 0 Å². The zero-order valence-corrected chi connectivity index (χ0v) is 15.0. The Morgan fingerprint density at radius 2 is 1.95 bits per heavy atom. The highest BCUT2D eigenvalue weighted by molar-refractivity contribution is 7.99. The Bertz CT molecular complexity index is 479. The fourth-order valence-electron chi connectivity index (χ4n) is 2.60. The molecule has 4 nitrogen and oxygen atoms in total. The van der Waals surface area contributed by atoms with E-state index in [1.807, 2.05) is 31.9 Å². The maximum atomic E-state index is 4.75. The summed E-state index contributed by atoms with van der Waals surface area (Å²) >= 11 is 2.04. The van der Waals surface area contributed by atoms with E-state index in [9.17, 15) is 0 Å². The second kappa shape index (κ2) is 7.88. The Morgan fingerprint density at radius 3 is 2.50 bits per heavy atom. The number of likely N-dealkylation sites (N-methyl/N-ethyl adjacent to an activating group) is 1. The van der Waals surface area contributed by atoms with E-state index in [4.69, 9.17) is 4.99 Å². The summed E-state index contributed by atoms with van der Waals surface area (Å²) in [6.45, 7) is 1.66. The number of guanidine groups is 1. The number of nitrogens with one attached hydrogen (secondary N) is 1. The number of rotatable bonds is 5. The SMILES string of the molecule is CN(C)C(=NCc1ccccc1)NCC1(N(C)C)CCSC1. The van der Waals surface area contributed by atoms with Crippen molar-refractivity contribution in [3.05, 3.63) is 35.9 Å². The van der Waals surface area contributed by atoms with Crippen molar-refractivity contribution in [1.29, 1.82) is 0 Å². The molecule has 1 N–H and O–H groups in total. The van der Waals surface area contributed by atoms with Crippen molar-refractivity contribution in [3.8, 4) is 0 Å². The molecule has 1 heterocycles. The monoisotopic (exact) mass is 320 g/mol. The molecule has 1 fully saturated rings. The van der Waals surface area contributed by atoms with Crippen LogP contribution < -0.4 is 5.32 Å². The van der Waals surface area contributed by atoms with E-state index >= 15 is 0 Å². The second-order valence-electron chi connectivity index (χ2n) is 6.29. The zero-order chi connectivity index (χ0) is 16.0. The largest absolute Gasteiger partial charge is 0.354 e. The van der Waals surface area contributed by atoms with E-state index in [0.717, 1.165) is 12.5 Å². The van der Waals surface area contributed by atoms with Gasteiger partial charge in [-0.15, -0.1) is 0 Å². The van der Waals surface area contributed by atoms with E-state index in [-0.39, 0.29) is 5.54 Å². The van der Waals surface area contributed by atoms with Crippen LogP contribution in [0.4, 0.5) is 0 Å². The lowest BCUT2D eigenvalue weighted by molar-refractivity contribution is 0.182. The van der Waals surface area contributed by atoms with Gasteiger partial charge in [-0.3, -0.25) is 0 Å².